The summed E-state index contributed by atoms with van der Waals surface area (Å²) >= 11 is 0. The summed E-state index contributed by atoms with van der Waals surface area (Å²) in [6, 6.07) is 8.70. The van der Waals surface area contributed by atoms with E-state index >= 15 is 0 Å². The SMILES string of the molecule is CCCCC[C@H]1CC[C@H](/C=C/C#Cc2ccc(CCC)cc2)CC1. The predicted molar refractivity (Wildman–Crippen MR) is 106 cm³/mol. The van der Waals surface area contributed by atoms with Gasteiger partial charge in [-0.05, 0) is 67.7 Å². The van der Waals surface area contributed by atoms with E-state index in [0.29, 0.717) is 0 Å². The van der Waals surface area contributed by atoms with Crippen LogP contribution in [0.5, 0.6) is 0 Å². The second-order valence-corrected chi connectivity index (χ2v) is 7.35. The van der Waals surface area contributed by atoms with Gasteiger partial charge in [-0.1, -0.05) is 76.0 Å². The van der Waals surface area contributed by atoms with E-state index in [1.807, 2.05) is 0 Å². The lowest BCUT2D eigenvalue weighted by atomic mass is 9.79. The Hall–Kier alpha value is -1.48. The van der Waals surface area contributed by atoms with Crippen LogP contribution in [0.2, 0.25) is 0 Å². The van der Waals surface area contributed by atoms with Crippen LogP contribution in [0.3, 0.4) is 0 Å². The quantitative estimate of drug-likeness (QED) is 0.377. The van der Waals surface area contributed by atoms with E-state index in [0.717, 1.165) is 23.8 Å². The average Bonchev–Trinajstić information content (AvgIpc) is 2.62. The molecular formula is C24H34. The molecule has 0 heterocycles. The summed E-state index contributed by atoms with van der Waals surface area (Å²) in [7, 11) is 0. The van der Waals surface area contributed by atoms with Crippen LogP contribution in [0.4, 0.5) is 0 Å². The highest BCUT2D eigenvalue weighted by atomic mass is 14.2. The summed E-state index contributed by atoms with van der Waals surface area (Å²) in [5.74, 6) is 8.24. The highest BCUT2D eigenvalue weighted by Gasteiger charge is 2.18. The monoisotopic (exact) mass is 322 g/mol. The minimum atomic E-state index is 0.758. The fraction of sp³-hybridized carbons (Fsp3) is 0.583. The lowest BCUT2D eigenvalue weighted by molar-refractivity contribution is 0.289. The third-order valence-corrected chi connectivity index (χ3v) is 5.27. The number of unbranched alkanes of at least 4 members (excludes halogenated alkanes) is 2. The van der Waals surface area contributed by atoms with Gasteiger partial charge in [0.15, 0.2) is 0 Å². The second-order valence-electron chi connectivity index (χ2n) is 7.35. The van der Waals surface area contributed by atoms with Crippen LogP contribution in [-0.2, 0) is 6.42 Å². The number of hydrogen-bond donors (Lipinski definition) is 0. The van der Waals surface area contributed by atoms with E-state index in [1.54, 1.807) is 0 Å². The van der Waals surface area contributed by atoms with Crippen molar-refractivity contribution in [2.24, 2.45) is 11.8 Å². The number of rotatable bonds is 7. The molecule has 0 N–H and O–H groups in total. The zero-order valence-corrected chi connectivity index (χ0v) is 15.7. The number of allylic oxidation sites excluding steroid dienone is 2. The molecule has 24 heavy (non-hydrogen) atoms. The van der Waals surface area contributed by atoms with E-state index in [-0.39, 0.29) is 0 Å². The molecule has 0 nitrogen and oxygen atoms in total. The first-order valence-corrected chi connectivity index (χ1v) is 10.1. The molecule has 0 saturated heterocycles. The minimum Gasteiger partial charge on any atom is -0.0730 e. The average molecular weight is 323 g/mol. The Morgan fingerprint density at radius 3 is 2.38 bits per heavy atom. The molecule has 1 saturated carbocycles. The first-order valence-electron chi connectivity index (χ1n) is 10.1. The number of benzene rings is 1. The van der Waals surface area contributed by atoms with E-state index < -0.39 is 0 Å². The van der Waals surface area contributed by atoms with Crippen LogP contribution >= 0.6 is 0 Å². The summed E-state index contributed by atoms with van der Waals surface area (Å²) < 4.78 is 0. The molecule has 0 atom stereocenters. The van der Waals surface area contributed by atoms with Gasteiger partial charge in [0.05, 0.1) is 0 Å². The van der Waals surface area contributed by atoms with E-state index in [4.69, 9.17) is 0 Å². The van der Waals surface area contributed by atoms with Crippen LogP contribution in [0, 0.1) is 23.7 Å². The molecule has 130 valence electrons. The molecule has 1 aliphatic carbocycles. The minimum absolute atomic E-state index is 0.758. The van der Waals surface area contributed by atoms with Gasteiger partial charge in [-0.15, -0.1) is 0 Å². The first-order chi connectivity index (χ1) is 11.8. The van der Waals surface area contributed by atoms with Crippen molar-refractivity contribution in [3.63, 3.8) is 0 Å². The van der Waals surface area contributed by atoms with Crippen molar-refractivity contribution in [3.05, 3.63) is 47.5 Å². The third kappa shape index (κ3) is 6.96. The summed E-state index contributed by atoms with van der Waals surface area (Å²) in [4.78, 5) is 0. The van der Waals surface area contributed by atoms with E-state index in [9.17, 15) is 0 Å². The van der Waals surface area contributed by atoms with Gasteiger partial charge in [-0.25, -0.2) is 0 Å². The zero-order valence-electron chi connectivity index (χ0n) is 15.7. The predicted octanol–water partition coefficient (Wildman–Crippen LogP) is 6.93. The summed E-state index contributed by atoms with van der Waals surface area (Å²) in [6.45, 7) is 4.51. The van der Waals surface area contributed by atoms with Gasteiger partial charge in [0, 0.05) is 5.56 Å². The van der Waals surface area contributed by atoms with Crippen molar-refractivity contribution in [2.45, 2.75) is 78.1 Å². The van der Waals surface area contributed by atoms with Crippen LogP contribution in [0.15, 0.2) is 36.4 Å². The number of aryl methyl sites for hydroxylation is 1. The summed E-state index contributed by atoms with van der Waals surface area (Å²) in [5.41, 5.74) is 2.54. The van der Waals surface area contributed by atoms with Gasteiger partial charge in [0.25, 0.3) is 0 Å². The number of hydrogen-bond acceptors (Lipinski definition) is 0. The Morgan fingerprint density at radius 2 is 1.71 bits per heavy atom. The topological polar surface area (TPSA) is 0 Å². The molecule has 2 rings (SSSR count). The Morgan fingerprint density at radius 1 is 0.958 bits per heavy atom. The normalized spacial score (nSPS) is 20.8. The molecule has 1 aromatic carbocycles. The maximum atomic E-state index is 3.26. The van der Waals surface area contributed by atoms with Gasteiger partial charge >= 0.3 is 0 Å². The van der Waals surface area contributed by atoms with Gasteiger partial charge in [0.2, 0.25) is 0 Å². The van der Waals surface area contributed by atoms with Crippen molar-refractivity contribution in [3.8, 4) is 11.8 Å². The van der Waals surface area contributed by atoms with Crippen molar-refractivity contribution < 1.29 is 0 Å². The molecule has 1 aliphatic rings. The Balaban J connectivity index is 1.71. The fourth-order valence-electron chi connectivity index (χ4n) is 3.70. The van der Waals surface area contributed by atoms with Gasteiger partial charge in [0.1, 0.15) is 0 Å². The van der Waals surface area contributed by atoms with Crippen LogP contribution in [0.25, 0.3) is 0 Å². The van der Waals surface area contributed by atoms with Crippen molar-refractivity contribution >= 4 is 0 Å². The summed E-state index contributed by atoms with van der Waals surface area (Å²) in [5, 5.41) is 0. The standard InChI is InChI=1S/C24H34/c1-3-5-6-10-22-17-19-24(20-18-22)12-8-7-11-23-15-13-21(9-4-2)14-16-23/h8,12-16,22,24H,3-6,9-10,17-20H2,1-2H3/b12-8+/t22-,24-. The molecule has 0 radical (unpaired) electrons. The molecule has 0 aromatic heterocycles. The molecule has 0 heteroatoms. The third-order valence-electron chi connectivity index (χ3n) is 5.27. The van der Waals surface area contributed by atoms with Crippen molar-refractivity contribution in [2.75, 3.05) is 0 Å². The van der Waals surface area contributed by atoms with Gasteiger partial charge in [-0.3, -0.25) is 0 Å². The lowest BCUT2D eigenvalue weighted by Crippen LogP contribution is -2.12. The van der Waals surface area contributed by atoms with E-state index in [1.165, 1.54) is 63.4 Å². The lowest BCUT2D eigenvalue weighted by Gasteiger charge is -2.26. The molecule has 0 aliphatic heterocycles. The molecule has 0 unspecified atom stereocenters. The first kappa shape index (κ1) is 18.9. The fourth-order valence-corrected chi connectivity index (χ4v) is 3.70. The van der Waals surface area contributed by atoms with Crippen molar-refractivity contribution in [1.29, 1.82) is 0 Å². The van der Waals surface area contributed by atoms with Gasteiger partial charge < -0.3 is 0 Å². The smallest absolute Gasteiger partial charge is 0.0249 e. The Labute approximate surface area is 149 Å². The molecule has 1 aromatic rings. The highest BCUT2D eigenvalue weighted by molar-refractivity contribution is 5.38. The largest absolute Gasteiger partial charge is 0.0730 e. The highest BCUT2D eigenvalue weighted by Crippen LogP contribution is 2.32. The zero-order chi connectivity index (χ0) is 17.0. The Bertz CT molecular complexity index is 530. The Kier molecular flexibility index (Phi) is 8.75. The maximum absolute atomic E-state index is 3.26. The maximum Gasteiger partial charge on any atom is 0.0249 e. The van der Waals surface area contributed by atoms with Gasteiger partial charge in [-0.2, -0.15) is 0 Å². The molecule has 0 bridgehead atoms. The molecule has 1 fully saturated rings. The van der Waals surface area contributed by atoms with E-state index in [2.05, 4.69) is 62.1 Å². The van der Waals surface area contributed by atoms with Crippen LogP contribution in [-0.4, -0.2) is 0 Å². The molecule has 0 amide bonds. The summed E-state index contributed by atoms with van der Waals surface area (Å²) in [6.07, 6.45) is 18.0. The van der Waals surface area contributed by atoms with Crippen molar-refractivity contribution in [1.82, 2.24) is 0 Å². The van der Waals surface area contributed by atoms with Crippen LogP contribution in [0.1, 0.15) is 82.8 Å². The second kappa shape index (κ2) is 11.1. The molecule has 0 spiro atoms. The van der Waals surface area contributed by atoms with Crippen LogP contribution < -0.4 is 0 Å². The molecular weight excluding hydrogens is 288 g/mol.